The molecule has 5 nitrogen and oxygen atoms in total. The van der Waals surface area contributed by atoms with Gasteiger partial charge in [-0.15, -0.1) is 0 Å². The van der Waals surface area contributed by atoms with Gasteiger partial charge in [0.1, 0.15) is 5.65 Å². The van der Waals surface area contributed by atoms with Crippen LogP contribution in [0, 0.1) is 0 Å². The molecule has 0 saturated heterocycles. The van der Waals surface area contributed by atoms with Crippen LogP contribution in [0.25, 0.3) is 50.5 Å². The lowest BCUT2D eigenvalue weighted by molar-refractivity contribution is 1.19. The van der Waals surface area contributed by atoms with E-state index in [0.717, 1.165) is 67.5 Å². The SMILES string of the molecule is c1ccc(-c2nc3ccccc3nc2-c2ccccc2N(c2ccccc2)c2ccc(-c3cn4ccccc4n3)cc2)cc1. The topological polar surface area (TPSA) is 46.3 Å². The molecule has 5 aromatic carbocycles. The van der Waals surface area contributed by atoms with E-state index in [1.807, 2.05) is 77.3 Å². The first-order valence-corrected chi connectivity index (χ1v) is 14.6. The molecular weight excluding hydrogens is 538 g/mol. The maximum atomic E-state index is 5.23. The molecule has 0 bridgehead atoms. The molecular formula is C39H27N5. The van der Waals surface area contributed by atoms with E-state index in [1.54, 1.807) is 0 Å². The molecule has 0 spiro atoms. The molecule has 3 heterocycles. The van der Waals surface area contributed by atoms with E-state index in [1.165, 1.54) is 0 Å². The van der Waals surface area contributed by atoms with E-state index in [2.05, 4.69) is 96.0 Å². The lowest BCUT2D eigenvalue weighted by atomic mass is 10.0. The van der Waals surface area contributed by atoms with Crippen molar-refractivity contribution in [3.8, 4) is 33.8 Å². The van der Waals surface area contributed by atoms with Crippen LogP contribution in [0.1, 0.15) is 0 Å². The Kier molecular flexibility index (Phi) is 6.39. The minimum absolute atomic E-state index is 0.841. The zero-order valence-corrected chi connectivity index (χ0v) is 23.8. The molecule has 5 heteroatoms. The van der Waals surface area contributed by atoms with Gasteiger partial charge in [-0.05, 0) is 54.6 Å². The molecule has 3 aromatic heterocycles. The van der Waals surface area contributed by atoms with Crippen LogP contribution < -0.4 is 4.90 Å². The fourth-order valence-electron chi connectivity index (χ4n) is 5.71. The average molecular weight is 566 g/mol. The number of aromatic nitrogens is 4. The molecule has 0 atom stereocenters. The maximum Gasteiger partial charge on any atom is 0.137 e. The minimum atomic E-state index is 0.841. The molecule has 0 aliphatic rings. The number of para-hydroxylation sites is 4. The van der Waals surface area contributed by atoms with Crippen molar-refractivity contribution in [3.63, 3.8) is 0 Å². The maximum absolute atomic E-state index is 5.23. The summed E-state index contributed by atoms with van der Waals surface area (Å²) in [5.41, 5.74) is 11.5. The summed E-state index contributed by atoms with van der Waals surface area (Å²) in [6.07, 6.45) is 4.09. The van der Waals surface area contributed by atoms with Crippen LogP contribution in [-0.4, -0.2) is 19.4 Å². The van der Waals surface area contributed by atoms with E-state index in [9.17, 15) is 0 Å². The van der Waals surface area contributed by atoms with Crippen molar-refractivity contribution in [2.24, 2.45) is 0 Å². The first-order chi connectivity index (χ1) is 21.8. The first-order valence-electron chi connectivity index (χ1n) is 14.6. The van der Waals surface area contributed by atoms with Crippen molar-refractivity contribution in [1.82, 2.24) is 19.4 Å². The monoisotopic (exact) mass is 565 g/mol. The van der Waals surface area contributed by atoms with E-state index >= 15 is 0 Å². The lowest BCUT2D eigenvalue weighted by Crippen LogP contribution is -2.11. The third-order valence-corrected chi connectivity index (χ3v) is 7.82. The average Bonchev–Trinajstić information content (AvgIpc) is 3.54. The molecule has 0 saturated carbocycles. The second-order valence-corrected chi connectivity index (χ2v) is 10.6. The lowest BCUT2D eigenvalue weighted by Gasteiger charge is -2.28. The van der Waals surface area contributed by atoms with Crippen LogP contribution in [0.4, 0.5) is 17.1 Å². The first kappa shape index (κ1) is 25.6. The van der Waals surface area contributed by atoms with Crippen molar-refractivity contribution >= 4 is 33.7 Å². The Balaban J connectivity index is 1.30. The summed E-state index contributed by atoms with van der Waals surface area (Å²) in [5.74, 6) is 0. The van der Waals surface area contributed by atoms with Gasteiger partial charge in [-0.2, -0.15) is 0 Å². The Bertz CT molecular complexity index is 2190. The Morgan fingerprint density at radius 3 is 1.82 bits per heavy atom. The molecule has 0 unspecified atom stereocenters. The van der Waals surface area contributed by atoms with E-state index in [0.29, 0.717) is 0 Å². The van der Waals surface area contributed by atoms with Gasteiger partial charge in [-0.1, -0.05) is 97.1 Å². The van der Waals surface area contributed by atoms with Crippen LogP contribution in [0.2, 0.25) is 0 Å². The van der Waals surface area contributed by atoms with Crippen molar-refractivity contribution < 1.29 is 0 Å². The van der Waals surface area contributed by atoms with Crippen molar-refractivity contribution in [2.45, 2.75) is 0 Å². The molecule has 0 aliphatic carbocycles. The summed E-state index contributed by atoms with van der Waals surface area (Å²) in [7, 11) is 0. The zero-order chi connectivity index (χ0) is 29.3. The van der Waals surface area contributed by atoms with Gasteiger partial charge in [0.05, 0.1) is 33.8 Å². The summed E-state index contributed by atoms with van der Waals surface area (Å²) in [6, 6.07) is 51.9. The van der Waals surface area contributed by atoms with Gasteiger partial charge < -0.3 is 9.30 Å². The number of hydrogen-bond acceptors (Lipinski definition) is 4. The normalized spacial score (nSPS) is 11.2. The predicted octanol–water partition coefficient (Wildman–Crippen LogP) is 9.75. The fraction of sp³-hybridized carbons (Fsp3) is 0. The van der Waals surface area contributed by atoms with Crippen molar-refractivity contribution in [3.05, 3.63) is 164 Å². The number of anilines is 3. The standard InChI is InChI=1S/C39H27N5/c1-3-13-29(14-4-1)38-39(42-34-19-9-8-18-33(34)41-38)32-17-7-10-20-36(32)44(30-15-5-2-6-16-30)31-24-22-28(23-25-31)35-27-43-26-12-11-21-37(43)40-35/h1-27H. The fourth-order valence-corrected chi connectivity index (χ4v) is 5.71. The van der Waals surface area contributed by atoms with Crippen LogP contribution in [0.5, 0.6) is 0 Å². The summed E-state index contributed by atoms with van der Waals surface area (Å²) in [4.78, 5) is 17.5. The van der Waals surface area contributed by atoms with Crippen LogP contribution in [0.15, 0.2) is 164 Å². The quantitative estimate of drug-likeness (QED) is 0.201. The molecule has 0 radical (unpaired) electrons. The largest absolute Gasteiger partial charge is 0.310 e. The summed E-state index contributed by atoms with van der Waals surface area (Å²) >= 11 is 0. The number of rotatable bonds is 6. The Labute approximate surface area is 255 Å². The smallest absolute Gasteiger partial charge is 0.137 e. The summed E-state index contributed by atoms with van der Waals surface area (Å²) < 4.78 is 2.05. The van der Waals surface area contributed by atoms with Gasteiger partial charge >= 0.3 is 0 Å². The predicted molar refractivity (Wildman–Crippen MR) is 179 cm³/mol. The molecule has 8 aromatic rings. The number of hydrogen-bond donors (Lipinski definition) is 0. The number of fused-ring (bicyclic) bond motifs is 2. The Morgan fingerprint density at radius 1 is 0.455 bits per heavy atom. The molecule has 0 amide bonds. The minimum Gasteiger partial charge on any atom is -0.310 e. The van der Waals surface area contributed by atoms with Crippen LogP contribution in [0.3, 0.4) is 0 Å². The number of benzene rings is 5. The number of nitrogens with zero attached hydrogens (tertiary/aromatic N) is 5. The highest BCUT2D eigenvalue weighted by molar-refractivity contribution is 5.94. The Hall–Kier alpha value is -6.07. The van der Waals surface area contributed by atoms with Gasteiger partial charge in [-0.3, -0.25) is 0 Å². The molecule has 8 rings (SSSR count). The highest BCUT2D eigenvalue weighted by atomic mass is 15.1. The highest BCUT2D eigenvalue weighted by Crippen LogP contribution is 2.43. The van der Waals surface area contributed by atoms with Gasteiger partial charge in [0.2, 0.25) is 0 Å². The van der Waals surface area contributed by atoms with Gasteiger partial charge in [0.15, 0.2) is 0 Å². The summed E-state index contributed by atoms with van der Waals surface area (Å²) in [6.45, 7) is 0. The second-order valence-electron chi connectivity index (χ2n) is 10.6. The Morgan fingerprint density at radius 2 is 1.07 bits per heavy atom. The summed E-state index contributed by atoms with van der Waals surface area (Å²) in [5, 5.41) is 0. The molecule has 0 fully saturated rings. The van der Waals surface area contributed by atoms with E-state index < -0.39 is 0 Å². The third-order valence-electron chi connectivity index (χ3n) is 7.82. The van der Waals surface area contributed by atoms with Crippen LogP contribution >= 0.6 is 0 Å². The number of imidazole rings is 1. The van der Waals surface area contributed by atoms with Crippen molar-refractivity contribution in [1.29, 1.82) is 0 Å². The zero-order valence-electron chi connectivity index (χ0n) is 23.8. The van der Waals surface area contributed by atoms with E-state index in [-0.39, 0.29) is 0 Å². The molecule has 0 aliphatic heterocycles. The third kappa shape index (κ3) is 4.67. The second kappa shape index (κ2) is 11.0. The van der Waals surface area contributed by atoms with Gasteiger partial charge in [-0.25, -0.2) is 15.0 Å². The van der Waals surface area contributed by atoms with Crippen molar-refractivity contribution in [2.75, 3.05) is 4.90 Å². The van der Waals surface area contributed by atoms with Gasteiger partial charge in [0.25, 0.3) is 0 Å². The van der Waals surface area contributed by atoms with Crippen LogP contribution in [-0.2, 0) is 0 Å². The van der Waals surface area contributed by atoms with E-state index in [4.69, 9.17) is 15.0 Å². The molecule has 208 valence electrons. The van der Waals surface area contributed by atoms with Gasteiger partial charge in [0, 0.05) is 40.5 Å². The number of pyridine rings is 1. The molecule has 0 N–H and O–H groups in total. The highest BCUT2D eigenvalue weighted by Gasteiger charge is 2.21. The molecule has 44 heavy (non-hydrogen) atoms.